The third kappa shape index (κ3) is 3.00. The molecule has 4 aromatic rings. The normalized spacial score (nSPS) is 19.3. The van der Waals surface area contributed by atoms with Gasteiger partial charge in [0.2, 0.25) is 11.7 Å². The van der Waals surface area contributed by atoms with Crippen LogP contribution in [0.1, 0.15) is 40.9 Å². The summed E-state index contributed by atoms with van der Waals surface area (Å²) in [5.41, 5.74) is 4.87. The Bertz CT molecular complexity index is 1440. The van der Waals surface area contributed by atoms with Gasteiger partial charge < -0.3 is 9.15 Å². The van der Waals surface area contributed by atoms with Gasteiger partial charge in [0.15, 0.2) is 0 Å². The van der Waals surface area contributed by atoms with Gasteiger partial charge in [-0.3, -0.25) is 4.79 Å². The van der Waals surface area contributed by atoms with Gasteiger partial charge in [-0.2, -0.15) is 5.10 Å². The van der Waals surface area contributed by atoms with Crippen LogP contribution in [0.15, 0.2) is 87.3 Å². The van der Waals surface area contributed by atoms with E-state index in [0.29, 0.717) is 28.0 Å². The fourth-order valence-corrected chi connectivity index (χ4v) is 4.61. The van der Waals surface area contributed by atoms with Crippen LogP contribution in [0.4, 0.5) is 0 Å². The number of hydrogen-bond donors (Lipinski definition) is 0. The Morgan fingerprint density at radius 3 is 2.69 bits per heavy atom. The lowest BCUT2D eigenvalue weighted by molar-refractivity contribution is -0.0205. The third-order valence-electron chi connectivity index (χ3n) is 6.10. The number of hydrogen-bond acceptors (Lipinski definition) is 5. The lowest BCUT2D eigenvalue weighted by Gasteiger charge is -2.37. The summed E-state index contributed by atoms with van der Waals surface area (Å²) >= 11 is 6.07. The SMILES string of the molecule is Cc1ccc2occ([C@H]3Oc4ccccc4[C@H]4CC(c5ccc(Cl)cc5)=NN43)c(=O)c2c1. The number of rotatable bonds is 2. The summed E-state index contributed by atoms with van der Waals surface area (Å²) in [5.74, 6) is 0.759. The van der Waals surface area contributed by atoms with Gasteiger partial charge in [0.1, 0.15) is 17.6 Å². The highest BCUT2D eigenvalue weighted by atomic mass is 35.5. The molecule has 0 unspecified atom stereocenters. The standard InChI is InChI=1S/C26H19ClN2O3/c1-15-6-11-23-19(12-15)25(30)20(14-31-23)26-29-22(18-4-2-3-5-24(18)32-26)13-21(28-29)16-7-9-17(27)10-8-16/h2-12,14,22,26H,13H2,1H3/t22-,26-/m1/s1. The predicted molar refractivity (Wildman–Crippen MR) is 124 cm³/mol. The quantitative estimate of drug-likeness (QED) is 0.382. The summed E-state index contributed by atoms with van der Waals surface area (Å²) < 4.78 is 12.2. The number of ether oxygens (including phenoxy) is 1. The van der Waals surface area contributed by atoms with Crippen molar-refractivity contribution in [3.8, 4) is 5.75 Å². The van der Waals surface area contributed by atoms with Crippen LogP contribution in [-0.2, 0) is 0 Å². The molecule has 2 aliphatic rings. The number of hydrazone groups is 1. The summed E-state index contributed by atoms with van der Waals surface area (Å²) in [6.07, 6.45) is 1.53. The molecular weight excluding hydrogens is 424 g/mol. The van der Waals surface area contributed by atoms with Crippen molar-refractivity contribution < 1.29 is 9.15 Å². The molecule has 0 bridgehead atoms. The monoisotopic (exact) mass is 442 g/mol. The molecule has 0 N–H and O–H groups in total. The van der Waals surface area contributed by atoms with Crippen molar-refractivity contribution in [3.63, 3.8) is 0 Å². The second-order valence-corrected chi connectivity index (χ2v) is 8.62. The first-order chi connectivity index (χ1) is 15.6. The summed E-state index contributed by atoms with van der Waals surface area (Å²) in [5, 5.41) is 8.02. The zero-order valence-electron chi connectivity index (χ0n) is 17.3. The van der Waals surface area contributed by atoms with Crippen LogP contribution in [0.3, 0.4) is 0 Å². The first-order valence-corrected chi connectivity index (χ1v) is 10.9. The van der Waals surface area contributed by atoms with Crippen LogP contribution in [0, 0.1) is 6.92 Å². The third-order valence-corrected chi connectivity index (χ3v) is 6.35. The van der Waals surface area contributed by atoms with E-state index in [0.717, 1.165) is 28.2 Å². The van der Waals surface area contributed by atoms with Crippen LogP contribution in [0.5, 0.6) is 5.75 Å². The summed E-state index contributed by atoms with van der Waals surface area (Å²) in [7, 11) is 0. The van der Waals surface area contributed by atoms with Crippen molar-refractivity contribution in [1.29, 1.82) is 0 Å². The van der Waals surface area contributed by atoms with Gasteiger partial charge in [0.25, 0.3) is 0 Å². The number of halogens is 1. The van der Waals surface area contributed by atoms with E-state index in [9.17, 15) is 4.79 Å². The Kier molecular flexibility index (Phi) is 4.33. The van der Waals surface area contributed by atoms with Gasteiger partial charge in [-0.25, -0.2) is 5.01 Å². The summed E-state index contributed by atoms with van der Waals surface area (Å²) in [4.78, 5) is 13.4. The minimum atomic E-state index is -0.680. The Balaban J connectivity index is 1.50. The molecule has 0 saturated carbocycles. The van der Waals surface area contributed by atoms with Crippen molar-refractivity contribution in [2.24, 2.45) is 5.10 Å². The molecule has 6 heteroatoms. The van der Waals surface area contributed by atoms with Gasteiger partial charge in [0.05, 0.1) is 22.7 Å². The van der Waals surface area contributed by atoms with Crippen LogP contribution < -0.4 is 10.2 Å². The molecule has 6 rings (SSSR count). The molecule has 0 spiro atoms. The number of fused-ring (bicyclic) bond motifs is 4. The average Bonchev–Trinajstić information content (AvgIpc) is 3.26. The van der Waals surface area contributed by atoms with Gasteiger partial charge in [-0.1, -0.05) is 53.6 Å². The van der Waals surface area contributed by atoms with Gasteiger partial charge in [-0.15, -0.1) is 0 Å². The second-order valence-electron chi connectivity index (χ2n) is 8.18. The maximum Gasteiger partial charge on any atom is 0.220 e. The zero-order chi connectivity index (χ0) is 21.8. The highest BCUT2D eigenvalue weighted by Gasteiger charge is 2.42. The Morgan fingerprint density at radius 1 is 1.03 bits per heavy atom. The van der Waals surface area contributed by atoms with Crippen molar-refractivity contribution >= 4 is 28.3 Å². The molecule has 0 aliphatic carbocycles. The predicted octanol–water partition coefficient (Wildman–Crippen LogP) is 6.00. The van der Waals surface area contributed by atoms with Gasteiger partial charge in [-0.05, 0) is 42.8 Å². The van der Waals surface area contributed by atoms with E-state index >= 15 is 0 Å². The zero-order valence-corrected chi connectivity index (χ0v) is 18.0. The van der Waals surface area contributed by atoms with E-state index in [4.69, 9.17) is 25.9 Å². The van der Waals surface area contributed by atoms with E-state index < -0.39 is 6.23 Å². The molecule has 1 aromatic heterocycles. The van der Waals surface area contributed by atoms with E-state index in [-0.39, 0.29) is 11.5 Å². The number of benzene rings is 3. The molecule has 3 aromatic carbocycles. The molecule has 3 heterocycles. The lowest BCUT2D eigenvalue weighted by Crippen LogP contribution is -2.36. The Labute approximate surface area is 189 Å². The van der Waals surface area contributed by atoms with Gasteiger partial charge in [0, 0.05) is 17.0 Å². The minimum absolute atomic E-state index is 0.0387. The topological polar surface area (TPSA) is 55.0 Å². The highest BCUT2D eigenvalue weighted by Crippen LogP contribution is 2.47. The van der Waals surface area contributed by atoms with E-state index in [2.05, 4.69) is 6.07 Å². The lowest BCUT2D eigenvalue weighted by atomic mass is 9.96. The van der Waals surface area contributed by atoms with E-state index in [1.54, 1.807) is 0 Å². The average molecular weight is 443 g/mol. The van der Waals surface area contributed by atoms with Crippen LogP contribution in [0.2, 0.25) is 5.02 Å². The van der Waals surface area contributed by atoms with Crippen LogP contribution in [0.25, 0.3) is 11.0 Å². The van der Waals surface area contributed by atoms with E-state index in [1.807, 2.05) is 72.6 Å². The smallest absolute Gasteiger partial charge is 0.220 e. The van der Waals surface area contributed by atoms with Crippen LogP contribution in [-0.4, -0.2) is 10.7 Å². The summed E-state index contributed by atoms with van der Waals surface area (Å²) in [6, 6.07) is 21.1. The van der Waals surface area contributed by atoms with E-state index in [1.165, 1.54) is 6.26 Å². The molecule has 5 nitrogen and oxygen atoms in total. The molecule has 0 saturated heterocycles. The molecular formula is C26H19ClN2O3. The van der Waals surface area contributed by atoms with Crippen LogP contribution >= 0.6 is 11.6 Å². The molecule has 32 heavy (non-hydrogen) atoms. The Morgan fingerprint density at radius 2 is 1.84 bits per heavy atom. The maximum atomic E-state index is 13.4. The number of nitrogens with zero attached hydrogens (tertiary/aromatic N) is 2. The second kappa shape index (κ2) is 7.24. The molecule has 0 fully saturated rings. The fraction of sp³-hybridized carbons (Fsp3) is 0.154. The van der Waals surface area contributed by atoms with Crippen molar-refractivity contribution in [2.75, 3.05) is 0 Å². The van der Waals surface area contributed by atoms with Gasteiger partial charge >= 0.3 is 0 Å². The number of para-hydroxylation sites is 1. The number of aryl methyl sites for hydroxylation is 1. The van der Waals surface area contributed by atoms with Crippen molar-refractivity contribution in [2.45, 2.75) is 25.6 Å². The summed E-state index contributed by atoms with van der Waals surface area (Å²) in [6.45, 7) is 1.96. The molecule has 2 aliphatic heterocycles. The van der Waals surface area contributed by atoms with Crippen molar-refractivity contribution in [1.82, 2.24) is 5.01 Å². The Hall–Kier alpha value is -3.57. The first-order valence-electron chi connectivity index (χ1n) is 10.5. The molecule has 0 amide bonds. The fourth-order valence-electron chi connectivity index (χ4n) is 4.49. The first kappa shape index (κ1) is 19.1. The van der Waals surface area contributed by atoms with Crippen molar-refractivity contribution in [3.05, 3.63) is 110 Å². The molecule has 2 atom stereocenters. The highest BCUT2D eigenvalue weighted by molar-refractivity contribution is 6.30. The maximum absolute atomic E-state index is 13.4. The minimum Gasteiger partial charge on any atom is -0.464 e. The molecule has 158 valence electrons. The largest absolute Gasteiger partial charge is 0.464 e. The molecule has 0 radical (unpaired) electrons.